The van der Waals surface area contributed by atoms with Gasteiger partial charge in [0.25, 0.3) is 0 Å². The Bertz CT molecular complexity index is 292. The van der Waals surface area contributed by atoms with E-state index in [-0.39, 0.29) is 5.25 Å². The number of sulfone groups is 1. The Balaban J connectivity index is 2.04. The fraction of sp³-hybridized carbons (Fsp3) is 1.00. The van der Waals surface area contributed by atoms with Gasteiger partial charge in [-0.1, -0.05) is 0 Å². The highest BCUT2D eigenvalue weighted by atomic mass is 32.2. The molecule has 0 amide bonds. The van der Waals surface area contributed by atoms with Gasteiger partial charge in [0, 0.05) is 6.26 Å². The SMILES string of the molecule is CS(=O)(=O)C1C2CC3C(C2)C31. The van der Waals surface area contributed by atoms with Crippen molar-refractivity contribution in [2.24, 2.45) is 23.7 Å². The molecule has 62 valence electrons. The van der Waals surface area contributed by atoms with E-state index in [0.717, 1.165) is 11.8 Å². The molecule has 4 rings (SSSR count). The lowest BCUT2D eigenvalue weighted by Gasteiger charge is -2.11. The van der Waals surface area contributed by atoms with Crippen molar-refractivity contribution in [1.29, 1.82) is 0 Å². The third-order valence-corrected chi connectivity index (χ3v) is 5.57. The summed E-state index contributed by atoms with van der Waals surface area (Å²) in [6.45, 7) is 0. The van der Waals surface area contributed by atoms with E-state index in [9.17, 15) is 8.42 Å². The van der Waals surface area contributed by atoms with Crippen molar-refractivity contribution in [2.75, 3.05) is 6.26 Å². The van der Waals surface area contributed by atoms with E-state index < -0.39 is 9.84 Å². The van der Waals surface area contributed by atoms with Gasteiger partial charge in [-0.2, -0.15) is 0 Å². The molecule has 2 nitrogen and oxygen atoms in total. The lowest BCUT2D eigenvalue weighted by Crippen LogP contribution is -2.23. The molecule has 0 heterocycles. The predicted molar refractivity (Wildman–Crippen MR) is 41.8 cm³/mol. The molecule has 3 atom stereocenters. The van der Waals surface area contributed by atoms with E-state index in [1.165, 1.54) is 19.1 Å². The number of hydrogen-bond acceptors (Lipinski definition) is 2. The Kier molecular flexibility index (Phi) is 0.889. The zero-order chi connectivity index (χ0) is 7.80. The maximum Gasteiger partial charge on any atom is 0.150 e. The maximum atomic E-state index is 11.3. The van der Waals surface area contributed by atoms with Crippen molar-refractivity contribution in [3.05, 3.63) is 0 Å². The minimum Gasteiger partial charge on any atom is -0.229 e. The molecule has 3 heteroatoms. The quantitative estimate of drug-likeness (QED) is 0.583. The van der Waals surface area contributed by atoms with Crippen molar-refractivity contribution in [2.45, 2.75) is 18.1 Å². The van der Waals surface area contributed by atoms with Gasteiger partial charge in [0.15, 0.2) is 9.84 Å². The van der Waals surface area contributed by atoms with Gasteiger partial charge in [0.1, 0.15) is 0 Å². The molecular formula is C8H12O2S. The van der Waals surface area contributed by atoms with Crippen molar-refractivity contribution >= 4 is 9.84 Å². The second kappa shape index (κ2) is 1.51. The van der Waals surface area contributed by atoms with Crippen LogP contribution in [-0.4, -0.2) is 19.9 Å². The minimum absolute atomic E-state index is 0.0671. The van der Waals surface area contributed by atoms with Crippen molar-refractivity contribution < 1.29 is 8.42 Å². The molecule has 0 aromatic heterocycles. The van der Waals surface area contributed by atoms with Crippen LogP contribution in [0, 0.1) is 23.7 Å². The van der Waals surface area contributed by atoms with Crippen molar-refractivity contribution in [3.63, 3.8) is 0 Å². The third-order valence-electron chi connectivity index (χ3n) is 3.89. The van der Waals surface area contributed by atoms with Gasteiger partial charge in [0.05, 0.1) is 5.25 Å². The Hall–Kier alpha value is -0.0500. The summed E-state index contributed by atoms with van der Waals surface area (Å²) in [6.07, 6.45) is 3.84. The van der Waals surface area contributed by atoms with Crippen LogP contribution in [0.4, 0.5) is 0 Å². The lowest BCUT2D eigenvalue weighted by molar-refractivity contribution is 0.547. The van der Waals surface area contributed by atoms with E-state index in [0.29, 0.717) is 11.8 Å². The molecule has 0 spiro atoms. The van der Waals surface area contributed by atoms with Gasteiger partial charge in [-0.05, 0) is 36.5 Å². The average molecular weight is 172 g/mol. The van der Waals surface area contributed by atoms with Crippen LogP contribution in [0.3, 0.4) is 0 Å². The van der Waals surface area contributed by atoms with Gasteiger partial charge in [0.2, 0.25) is 0 Å². The summed E-state index contributed by atoms with van der Waals surface area (Å²) in [6, 6.07) is 0. The van der Waals surface area contributed by atoms with Crippen molar-refractivity contribution in [3.8, 4) is 0 Å². The molecule has 4 saturated carbocycles. The molecule has 11 heavy (non-hydrogen) atoms. The monoisotopic (exact) mass is 172 g/mol. The largest absolute Gasteiger partial charge is 0.229 e. The van der Waals surface area contributed by atoms with Gasteiger partial charge in [-0.15, -0.1) is 0 Å². The molecule has 0 N–H and O–H groups in total. The van der Waals surface area contributed by atoms with E-state index in [2.05, 4.69) is 0 Å². The standard InChI is InChI=1S/C8H12O2S/c1-11(9,10)8-4-2-5-6(3-4)7(5)8/h4-8H,2-3H2,1H3. The highest BCUT2D eigenvalue weighted by Gasteiger charge is 2.70. The average Bonchev–Trinajstić information content (AvgIpc) is 2.35. The molecule has 0 aromatic rings. The first-order chi connectivity index (χ1) is 5.09. The lowest BCUT2D eigenvalue weighted by atomic mass is 10.1. The highest BCUT2D eigenvalue weighted by Crippen LogP contribution is 2.71. The molecular weight excluding hydrogens is 160 g/mol. The van der Waals surface area contributed by atoms with Crippen LogP contribution in [0.25, 0.3) is 0 Å². The molecule has 0 radical (unpaired) electrons. The Morgan fingerprint density at radius 2 is 1.73 bits per heavy atom. The Morgan fingerprint density at radius 1 is 1.18 bits per heavy atom. The fourth-order valence-electron chi connectivity index (χ4n) is 3.64. The molecule has 4 aliphatic carbocycles. The molecule has 3 unspecified atom stereocenters. The third kappa shape index (κ3) is 0.616. The number of hydrogen-bond donors (Lipinski definition) is 0. The van der Waals surface area contributed by atoms with Crippen LogP contribution in [0.2, 0.25) is 0 Å². The molecule has 4 aliphatic rings. The van der Waals surface area contributed by atoms with Crippen LogP contribution < -0.4 is 0 Å². The molecule has 4 bridgehead atoms. The van der Waals surface area contributed by atoms with Gasteiger partial charge < -0.3 is 0 Å². The summed E-state index contributed by atoms with van der Waals surface area (Å²) in [7, 11) is -2.72. The predicted octanol–water partition coefficient (Wildman–Crippen LogP) is 0.685. The normalized spacial score (nSPS) is 58.5. The van der Waals surface area contributed by atoms with Crippen molar-refractivity contribution in [1.82, 2.24) is 0 Å². The van der Waals surface area contributed by atoms with Crippen LogP contribution in [0.1, 0.15) is 12.8 Å². The first-order valence-corrected chi connectivity index (χ1v) is 6.23. The van der Waals surface area contributed by atoms with Gasteiger partial charge >= 0.3 is 0 Å². The van der Waals surface area contributed by atoms with E-state index in [4.69, 9.17) is 0 Å². The van der Waals surface area contributed by atoms with E-state index in [1.54, 1.807) is 0 Å². The van der Waals surface area contributed by atoms with Gasteiger partial charge in [-0.3, -0.25) is 0 Å². The van der Waals surface area contributed by atoms with Crippen LogP contribution >= 0.6 is 0 Å². The first kappa shape index (κ1) is 6.46. The summed E-state index contributed by atoms with van der Waals surface area (Å²) in [5, 5.41) is 0.0671. The Morgan fingerprint density at radius 3 is 1.91 bits per heavy atom. The summed E-state index contributed by atoms with van der Waals surface area (Å²) in [5.41, 5.74) is 0. The highest BCUT2D eigenvalue weighted by molar-refractivity contribution is 7.91. The minimum atomic E-state index is -2.72. The zero-order valence-corrected chi connectivity index (χ0v) is 7.34. The van der Waals surface area contributed by atoms with E-state index in [1.807, 2.05) is 0 Å². The van der Waals surface area contributed by atoms with Crippen LogP contribution in [0.5, 0.6) is 0 Å². The molecule has 0 saturated heterocycles. The maximum absolute atomic E-state index is 11.3. The molecule has 0 aliphatic heterocycles. The molecule has 0 aromatic carbocycles. The Labute approximate surface area is 66.9 Å². The summed E-state index contributed by atoms with van der Waals surface area (Å²) in [4.78, 5) is 0. The topological polar surface area (TPSA) is 34.1 Å². The second-order valence-corrected chi connectivity index (χ2v) is 6.63. The van der Waals surface area contributed by atoms with Crippen LogP contribution in [0.15, 0.2) is 0 Å². The smallest absolute Gasteiger partial charge is 0.150 e. The molecule has 4 fully saturated rings. The zero-order valence-electron chi connectivity index (χ0n) is 6.53. The van der Waals surface area contributed by atoms with E-state index >= 15 is 0 Å². The van der Waals surface area contributed by atoms with Crippen LogP contribution in [-0.2, 0) is 9.84 Å². The first-order valence-electron chi connectivity index (χ1n) is 4.28. The second-order valence-electron chi connectivity index (χ2n) is 4.43. The number of rotatable bonds is 1. The fourth-order valence-corrected chi connectivity index (χ4v) is 5.53. The summed E-state index contributed by atoms with van der Waals surface area (Å²) < 4.78 is 22.6. The summed E-state index contributed by atoms with van der Waals surface area (Å²) >= 11 is 0. The summed E-state index contributed by atoms with van der Waals surface area (Å²) in [5.74, 6) is 2.78. The van der Waals surface area contributed by atoms with Gasteiger partial charge in [-0.25, -0.2) is 8.42 Å².